The SMILES string of the molecule is Cc1ccc(NS(=O)(=O)c2cc3[nH]c4c(c3cc2C)C(=O)CCC4)cc1. The van der Waals surface area contributed by atoms with E-state index in [1.807, 2.05) is 19.1 Å². The van der Waals surface area contributed by atoms with E-state index < -0.39 is 10.0 Å². The molecular weight excluding hydrogens is 348 g/mol. The maximum Gasteiger partial charge on any atom is 0.262 e. The molecule has 0 saturated carbocycles. The molecule has 1 heterocycles. The van der Waals surface area contributed by atoms with E-state index in [0.29, 0.717) is 23.2 Å². The van der Waals surface area contributed by atoms with Crippen LogP contribution in [0.15, 0.2) is 41.3 Å². The van der Waals surface area contributed by atoms with Crippen LogP contribution in [0.4, 0.5) is 5.69 Å². The number of carbonyl (C=O) groups excluding carboxylic acids is 1. The molecule has 5 nitrogen and oxygen atoms in total. The standard InChI is InChI=1S/C20H20N2O3S/c1-12-6-8-14(9-7-12)22-26(24,25)19-11-17-15(10-13(19)2)20-16(21-17)4-3-5-18(20)23/h6-11,21-22H,3-5H2,1-2H3. The number of benzene rings is 2. The zero-order valence-corrected chi connectivity index (χ0v) is 15.5. The van der Waals surface area contributed by atoms with E-state index in [2.05, 4.69) is 9.71 Å². The van der Waals surface area contributed by atoms with Crippen LogP contribution in [0.3, 0.4) is 0 Å². The number of sulfonamides is 1. The maximum atomic E-state index is 12.9. The first-order valence-electron chi connectivity index (χ1n) is 8.63. The summed E-state index contributed by atoms with van der Waals surface area (Å²) in [6.07, 6.45) is 2.20. The average molecular weight is 368 g/mol. The number of hydrogen-bond acceptors (Lipinski definition) is 3. The number of aromatic amines is 1. The molecule has 1 aliphatic carbocycles. The normalized spacial score (nSPS) is 14.5. The second kappa shape index (κ2) is 5.99. The molecule has 26 heavy (non-hydrogen) atoms. The van der Waals surface area contributed by atoms with Gasteiger partial charge in [0.05, 0.1) is 4.90 Å². The highest BCUT2D eigenvalue weighted by atomic mass is 32.2. The number of Topliss-reactive ketones (excluding diaryl/α,β-unsaturated/α-hetero) is 1. The Morgan fingerprint density at radius 2 is 1.77 bits per heavy atom. The zero-order chi connectivity index (χ0) is 18.5. The number of nitrogens with one attached hydrogen (secondary N) is 2. The van der Waals surface area contributed by atoms with Crippen molar-refractivity contribution in [3.63, 3.8) is 0 Å². The summed E-state index contributed by atoms with van der Waals surface area (Å²) in [5.41, 5.74) is 4.54. The minimum atomic E-state index is -3.72. The molecule has 6 heteroatoms. The Kier molecular flexibility index (Phi) is 3.88. The number of carbonyl (C=O) groups is 1. The predicted molar refractivity (Wildman–Crippen MR) is 102 cm³/mol. The van der Waals surface area contributed by atoms with E-state index in [4.69, 9.17) is 0 Å². The van der Waals surface area contributed by atoms with Gasteiger partial charge in [0.25, 0.3) is 10.0 Å². The van der Waals surface area contributed by atoms with Crippen molar-refractivity contribution in [1.29, 1.82) is 0 Å². The highest BCUT2D eigenvalue weighted by Gasteiger charge is 2.25. The number of ketones is 1. The third-order valence-electron chi connectivity index (χ3n) is 4.87. The number of rotatable bonds is 3. The van der Waals surface area contributed by atoms with Crippen LogP contribution in [-0.2, 0) is 16.4 Å². The molecule has 0 saturated heterocycles. The van der Waals surface area contributed by atoms with E-state index in [1.165, 1.54) is 0 Å². The first-order chi connectivity index (χ1) is 12.3. The van der Waals surface area contributed by atoms with Gasteiger partial charge in [0.15, 0.2) is 5.78 Å². The van der Waals surface area contributed by atoms with Crippen LogP contribution in [0.1, 0.15) is 40.0 Å². The van der Waals surface area contributed by atoms with Crippen molar-refractivity contribution >= 4 is 32.4 Å². The lowest BCUT2D eigenvalue weighted by Gasteiger charge is -2.12. The van der Waals surface area contributed by atoms with E-state index in [1.54, 1.807) is 31.2 Å². The summed E-state index contributed by atoms with van der Waals surface area (Å²) in [5.74, 6) is 0.130. The summed E-state index contributed by atoms with van der Waals surface area (Å²) in [7, 11) is -3.72. The number of anilines is 1. The fraction of sp³-hybridized carbons (Fsp3) is 0.250. The third kappa shape index (κ3) is 2.80. The number of hydrogen-bond donors (Lipinski definition) is 2. The molecule has 2 aromatic carbocycles. The smallest absolute Gasteiger partial charge is 0.262 e. The van der Waals surface area contributed by atoms with Gasteiger partial charge in [-0.1, -0.05) is 17.7 Å². The molecule has 0 bridgehead atoms. The summed E-state index contributed by atoms with van der Waals surface area (Å²) < 4.78 is 28.4. The highest BCUT2D eigenvalue weighted by Crippen LogP contribution is 2.32. The van der Waals surface area contributed by atoms with Crippen molar-refractivity contribution in [3.8, 4) is 0 Å². The molecule has 134 valence electrons. The van der Waals surface area contributed by atoms with E-state index in [-0.39, 0.29) is 10.7 Å². The minimum Gasteiger partial charge on any atom is -0.358 e. The molecule has 3 aromatic rings. The zero-order valence-electron chi connectivity index (χ0n) is 14.7. The van der Waals surface area contributed by atoms with Crippen molar-refractivity contribution < 1.29 is 13.2 Å². The quantitative estimate of drug-likeness (QED) is 0.730. The van der Waals surface area contributed by atoms with Gasteiger partial charge >= 0.3 is 0 Å². The Hall–Kier alpha value is -2.60. The van der Waals surface area contributed by atoms with Crippen molar-refractivity contribution in [2.75, 3.05) is 4.72 Å². The number of fused-ring (bicyclic) bond motifs is 3. The Morgan fingerprint density at radius 3 is 2.50 bits per heavy atom. The Balaban J connectivity index is 1.80. The van der Waals surface area contributed by atoms with Gasteiger partial charge in [0, 0.05) is 34.3 Å². The van der Waals surface area contributed by atoms with Crippen molar-refractivity contribution in [2.24, 2.45) is 0 Å². The van der Waals surface area contributed by atoms with Gasteiger partial charge in [-0.3, -0.25) is 9.52 Å². The van der Waals surface area contributed by atoms with Gasteiger partial charge in [-0.25, -0.2) is 8.42 Å². The first-order valence-corrected chi connectivity index (χ1v) is 10.1. The monoisotopic (exact) mass is 368 g/mol. The van der Waals surface area contributed by atoms with Crippen molar-refractivity contribution in [2.45, 2.75) is 38.0 Å². The fourth-order valence-electron chi connectivity index (χ4n) is 3.56. The molecule has 4 rings (SSSR count). The Labute approximate surface area is 152 Å². The van der Waals surface area contributed by atoms with Gasteiger partial charge in [0.2, 0.25) is 0 Å². The molecule has 0 aliphatic heterocycles. The van der Waals surface area contributed by atoms with E-state index in [0.717, 1.165) is 35.0 Å². The lowest BCUT2D eigenvalue weighted by atomic mass is 9.94. The van der Waals surface area contributed by atoms with E-state index in [9.17, 15) is 13.2 Å². The largest absolute Gasteiger partial charge is 0.358 e. The van der Waals surface area contributed by atoms with Crippen LogP contribution in [0.5, 0.6) is 0 Å². The lowest BCUT2D eigenvalue weighted by Crippen LogP contribution is -2.14. The predicted octanol–water partition coefficient (Wildman–Crippen LogP) is 4.10. The highest BCUT2D eigenvalue weighted by molar-refractivity contribution is 7.92. The Bertz CT molecular complexity index is 1130. The number of H-pyrrole nitrogens is 1. The van der Waals surface area contributed by atoms with Crippen LogP contribution >= 0.6 is 0 Å². The van der Waals surface area contributed by atoms with Gasteiger partial charge in [-0.2, -0.15) is 0 Å². The third-order valence-corrected chi connectivity index (χ3v) is 6.40. The summed E-state index contributed by atoms with van der Waals surface area (Å²) in [6, 6.07) is 10.6. The molecule has 0 amide bonds. The van der Waals surface area contributed by atoms with Gasteiger partial charge in [0.1, 0.15) is 0 Å². The molecule has 0 spiro atoms. The van der Waals surface area contributed by atoms with Crippen LogP contribution in [0.2, 0.25) is 0 Å². The summed E-state index contributed by atoms with van der Waals surface area (Å²) >= 11 is 0. The molecular formula is C20H20N2O3S. The minimum absolute atomic E-state index is 0.130. The van der Waals surface area contributed by atoms with Gasteiger partial charge < -0.3 is 4.98 Å². The molecule has 0 atom stereocenters. The van der Waals surface area contributed by atoms with Gasteiger partial charge in [-0.05, 0) is 56.5 Å². The fourth-order valence-corrected chi connectivity index (χ4v) is 4.88. The lowest BCUT2D eigenvalue weighted by molar-refractivity contribution is 0.0974. The maximum absolute atomic E-state index is 12.9. The summed E-state index contributed by atoms with van der Waals surface area (Å²) in [4.78, 5) is 15.7. The van der Waals surface area contributed by atoms with Crippen molar-refractivity contribution in [3.05, 3.63) is 58.8 Å². The second-order valence-corrected chi connectivity index (χ2v) is 8.54. The number of aryl methyl sites for hydroxylation is 3. The van der Waals surface area contributed by atoms with Gasteiger partial charge in [-0.15, -0.1) is 0 Å². The second-order valence-electron chi connectivity index (χ2n) is 6.89. The average Bonchev–Trinajstić information content (AvgIpc) is 2.95. The molecule has 0 fully saturated rings. The van der Waals surface area contributed by atoms with Crippen LogP contribution < -0.4 is 4.72 Å². The molecule has 2 N–H and O–H groups in total. The van der Waals surface area contributed by atoms with Crippen LogP contribution in [0, 0.1) is 13.8 Å². The number of aromatic nitrogens is 1. The van der Waals surface area contributed by atoms with Crippen molar-refractivity contribution in [1.82, 2.24) is 4.98 Å². The molecule has 0 radical (unpaired) electrons. The van der Waals surface area contributed by atoms with Crippen LogP contribution in [-0.4, -0.2) is 19.2 Å². The summed E-state index contributed by atoms with van der Waals surface area (Å²) in [6.45, 7) is 3.71. The topological polar surface area (TPSA) is 79.0 Å². The van der Waals surface area contributed by atoms with Crippen LogP contribution in [0.25, 0.3) is 10.9 Å². The summed E-state index contributed by atoms with van der Waals surface area (Å²) in [5, 5.41) is 0.816. The Morgan fingerprint density at radius 1 is 1.04 bits per heavy atom. The molecule has 1 aliphatic rings. The van der Waals surface area contributed by atoms with E-state index >= 15 is 0 Å². The molecule has 0 unspecified atom stereocenters. The molecule has 1 aromatic heterocycles. The first kappa shape index (κ1) is 16.8.